The second kappa shape index (κ2) is 3.40. The van der Waals surface area contributed by atoms with Crippen LogP contribution in [0.5, 0.6) is 0 Å². The first-order chi connectivity index (χ1) is 5.46. The van der Waals surface area contributed by atoms with Crippen LogP contribution in [0.15, 0.2) is 0 Å². The third kappa shape index (κ3) is 1.84. The van der Waals surface area contributed by atoms with E-state index in [1.165, 1.54) is 19.3 Å². The summed E-state index contributed by atoms with van der Waals surface area (Å²) in [5, 5.41) is 0. The van der Waals surface area contributed by atoms with Gasteiger partial charge >= 0.3 is 0 Å². The molecule has 1 rings (SSSR count). The molecule has 1 aliphatic carbocycles. The number of hydrogen-bond acceptors (Lipinski definition) is 0. The zero-order valence-corrected chi connectivity index (χ0v) is 9.35. The fraction of sp³-hybridized carbons (Fsp3) is 1.00. The fourth-order valence-electron chi connectivity index (χ4n) is 2.41. The van der Waals surface area contributed by atoms with Crippen LogP contribution in [0.2, 0.25) is 0 Å². The second-order valence-corrected chi connectivity index (χ2v) is 5.51. The lowest BCUT2D eigenvalue weighted by atomic mass is 9.62. The Morgan fingerprint density at radius 1 is 1.17 bits per heavy atom. The Kier molecular flexibility index (Phi) is 2.85. The Hall–Kier alpha value is 0. The van der Waals surface area contributed by atoms with Crippen molar-refractivity contribution in [3.05, 3.63) is 0 Å². The lowest BCUT2D eigenvalue weighted by Crippen LogP contribution is -2.33. The minimum absolute atomic E-state index is 0.631. The van der Waals surface area contributed by atoms with E-state index in [-0.39, 0.29) is 0 Å². The summed E-state index contributed by atoms with van der Waals surface area (Å²) in [4.78, 5) is 0. The van der Waals surface area contributed by atoms with Gasteiger partial charge in [0, 0.05) is 0 Å². The summed E-state index contributed by atoms with van der Waals surface area (Å²) < 4.78 is 0. The second-order valence-electron chi connectivity index (χ2n) is 5.51. The SMILES string of the molecule is CC(C)[C@]1(C)CC[C@H](C)[C@@H](C)C1. The van der Waals surface area contributed by atoms with Crippen LogP contribution in [0.3, 0.4) is 0 Å². The van der Waals surface area contributed by atoms with Crippen molar-refractivity contribution < 1.29 is 0 Å². The van der Waals surface area contributed by atoms with E-state index in [2.05, 4.69) is 34.6 Å². The van der Waals surface area contributed by atoms with Gasteiger partial charge in [-0.1, -0.05) is 34.6 Å². The van der Waals surface area contributed by atoms with Crippen molar-refractivity contribution in [3.63, 3.8) is 0 Å². The monoisotopic (exact) mass is 168 g/mol. The van der Waals surface area contributed by atoms with E-state index < -0.39 is 0 Å². The maximum absolute atomic E-state index is 2.47. The first kappa shape index (κ1) is 10.1. The molecule has 0 aromatic heterocycles. The number of rotatable bonds is 1. The molecule has 3 atom stereocenters. The molecule has 0 aromatic rings. The van der Waals surface area contributed by atoms with Crippen molar-refractivity contribution in [1.29, 1.82) is 0 Å². The minimum atomic E-state index is 0.631. The first-order valence-corrected chi connectivity index (χ1v) is 5.46. The molecule has 72 valence electrons. The first-order valence-electron chi connectivity index (χ1n) is 5.46. The van der Waals surface area contributed by atoms with Gasteiger partial charge in [-0.2, -0.15) is 0 Å². The van der Waals surface area contributed by atoms with Gasteiger partial charge in [-0.25, -0.2) is 0 Å². The molecule has 12 heavy (non-hydrogen) atoms. The highest BCUT2D eigenvalue weighted by atomic mass is 14.4. The van der Waals surface area contributed by atoms with Crippen LogP contribution >= 0.6 is 0 Å². The Morgan fingerprint density at radius 2 is 1.75 bits per heavy atom. The molecule has 1 aliphatic rings. The number of hydrogen-bond donors (Lipinski definition) is 0. The minimum Gasteiger partial charge on any atom is -0.0623 e. The average Bonchev–Trinajstić information content (AvgIpc) is 1.97. The van der Waals surface area contributed by atoms with E-state index in [1.54, 1.807) is 0 Å². The van der Waals surface area contributed by atoms with Crippen LogP contribution in [0, 0.1) is 23.2 Å². The van der Waals surface area contributed by atoms with E-state index in [0.29, 0.717) is 5.41 Å². The quantitative estimate of drug-likeness (QED) is 0.553. The van der Waals surface area contributed by atoms with Gasteiger partial charge in [-0.15, -0.1) is 0 Å². The zero-order valence-electron chi connectivity index (χ0n) is 9.35. The normalized spacial score (nSPS) is 43.5. The molecular formula is C12H24. The summed E-state index contributed by atoms with van der Waals surface area (Å²) in [7, 11) is 0. The molecule has 0 saturated heterocycles. The largest absolute Gasteiger partial charge is 0.0623 e. The Balaban J connectivity index is 2.60. The van der Waals surface area contributed by atoms with E-state index in [1.807, 2.05) is 0 Å². The molecule has 0 N–H and O–H groups in total. The summed E-state index contributed by atoms with van der Waals surface area (Å²) in [6.45, 7) is 12.1. The standard InChI is InChI=1S/C12H24/c1-9(2)12(5)7-6-10(3)11(4)8-12/h9-11H,6-8H2,1-5H3/t10-,11-,12+/m0/s1. The van der Waals surface area contributed by atoms with E-state index in [4.69, 9.17) is 0 Å². The highest BCUT2D eigenvalue weighted by Gasteiger charge is 2.35. The van der Waals surface area contributed by atoms with Gasteiger partial charge in [0.2, 0.25) is 0 Å². The van der Waals surface area contributed by atoms with Crippen molar-refractivity contribution >= 4 is 0 Å². The molecular weight excluding hydrogens is 144 g/mol. The summed E-state index contributed by atoms with van der Waals surface area (Å²) >= 11 is 0. The highest BCUT2D eigenvalue weighted by molar-refractivity contribution is 4.86. The Labute approximate surface area is 77.7 Å². The molecule has 1 fully saturated rings. The van der Waals surface area contributed by atoms with E-state index in [0.717, 1.165) is 17.8 Å². The molecule has 0 spiro atoms. The predicted octanol–water partition coefficient (Wildman–Crippen LogP) is 4.10. The van der Waals surface area contributed by atoms with Gasteiger partial charge in [-0.3, -0.25) is 0 Å². The van der Waals surface area contributed by atoms with Gasteiger partial charge in [0.1, 0.15) is 0 Å². The molecule has 0 heteroatoms. The maximum atomic E-state index is 2.47. The van der Waals surface area contributed by atoms with Gasteiger partial charge in [-0.05, 0) is 42.4 Å². The summed E-state index contributed by atoms with van der Waals surface area (Å²) in [6, 6.07) is 0. The third-order valence-corrected chi connectivity index (χ3v) is 4.32. The van der Waals surface area contributed by atoms with E-state index in [9.17, 15) is 0 Å². The van der Waals surface area contributed by atoms with Crippen LogP contribution in [0.1, 0.15) is 53.9 Å². The van der Waals surface area contributed by atoms with Gasteiger partial charge in [0.25, 0.3) is 0 Å². The molecule has 0 nitrogen and oxygen atoms in total. The van der Waals surface area contributed by atoms with Gasteiger partial charge in [0.15, 0.2) is 0 Å². The van der Waals surface area contributed by atoms with Crippen LogP contribution in [-0.4, -0.2) is 0 Å². The van der Waals surface area contributed by atoms with Crippen molar-refractivity contribution in [2.24, 2.45) is 23.2 Å². The van der Waals surface area contributed by atoms with Crippen LogP contribution in [-0.2, 0) is 0 Å². The van der Waals surface area contributed by atoms with Crippen LogP contribution in [0.25, 0.3) is 0 Å². The topological polar surface area (TPSA) is 0 Å². The van der Waals surface area contributed by atoms with Crippen molar-refractivity contribution in [3.8, 4) is 0 Å². The lowest BCUT2D eigenvalue weighted by Gasteiger charge is -2.43. The average molecular weight is 168 g/mol. The lowest BCUT2D eigenvalue weighted by molar-refractivity contribution is 0.0754. The molecule has 0 aromatic carbocycles. The van der Waals surface area contributed by atoms with Gasteiger partial charge < -0.3 is 0 Å². The molecule has 0 bridgehead atoms. The highest BCUT2D eigenvalue weighted by Crippen LogP contribution is 2.46. The Bertz CT molecular complexity index is 148. The van der Waals surface area contributed by atoms with Crippen molar-refractivity contribution in [2.45, 2.75) is 53.9 Å². The maximum Gasteiger partial charge on any atom is -0.0300 e. The molecule has 0 unspecified atom stereocenters. The molecule has 1 saturated carbocycles. The van der Waals surface area contributed by atoms with E-state index >= 15 is 0 Å². The smallest absolute Gasteiger partial charge is 0.0300 e. The summed E-state index contributed by atoms with van der Waals surface area (Å²) in [5.74, 6) is 2.75. The third-order valence-electron chi connectivity index (χ3n) is 4.32. The van der Waals surface area contributed by atoms with Crippen molar-refractivity contribution in [2.75, 3.05) is 0 Å². The van der Waals surface area contributed by atoms with Crippen LogP contribution in [0.4, 0.5) is 0 Å². The predicted molar refractivity (Wildman–Crippen MR) is 55.1 cm³/mol. The van der Waals surface area contributed by atoms with Crippen molar-refractivity contribution in [1.82, 2.24) is 0 Å². The van der Waals surface area contributed by atoms with Crippen LogP contribution < -0.4 is 0 Å². The molecule has 0 heterocycles. The fourth-order valence-corrected chi connectivity index (χ4v) is 2.41. The molecule has 0 aliphatic heterocycles. The summed E-state index contributed by atoms with van der Waals surface area (Å²) in [5.41, 5.74) is 0.631. The molecule has 0 amide bonds. The molecule has 0 radical (unpaired) electrons. The zero-order chi connectivity index (χ0) is 9.35. The summed E-state index contributed by atoms with van der Waals surface area (Å²) in [6.07, 6.45) is 4.32. The van der Waals surface area contributed by atoms with Gasteiger partial charge in [0.05, 0.1) is 0 Å². The Morgan fingerprint density at radius 3 is 2.17 bits per heavy atom.